The minimum absolute atomic E-state index is 0.0809. The van der Waals surface area contributed by atoms with Crippen LogP contribution >= 0.6 is 0 Å². The predicted octanol–water partition coefficient (Wildman–Crippen LogP) is 2.35. The van der Waals surface area contributed by atoms with Crippen molar-refractivity contribution in [1.29, 1.82) is 0 Å². The highest BCUT2D eigenvalue weighted by Crippen LogP contribution is 2.17. The summed E-state index contributed by atoms with van der Waals surface area (Å²) in [6.45, 7) is 3.85. The Morgan fingerprint density at radius 2 is 2.17 bits per heavy atom. The average Bonchev–Trinajstić information content (AvgIpc) is 2.39. The molecule has 0 radical (unpaired) electrons. The molecule has 2 heterocycles. The number of anilines is 1. The minimum Gasteiger partial charge on any atom is -0.481 e. The smallest absolute Gasteiger partial charge is 0.323 e. The van der Waals surface area contributed by atoms with Gasteiger partial charge in [-0.15, -0.1) is 0 Å². The van der Waals surface area contributed by atoms with Crippen LogP contribution in [0.25, 0.3) is 0 Å². The lowest BCUT2D eigenvalue weighted by Gasteiger charge is -2.30. The molecule has 1 aromatic heterocycles. The molecule has 0 aromatic carbocycles. The fourth-order valence-electron chi connectivity index (χ4n) is 2.00. The van der Waals surface area contributed by atoms with Crippen molar-refractivity contribution in [3.05, 3.63) is 18.2 Å². The Kier molecular flexibility index (Phi) is 4.02. The number of nitrogens with zero attached hydrogens (tertiary/aromatic N) is 2. The number of carbonyl (C=O) groups is 1. The molecule has 2 amide bonds. The van der Waals surface area contributed by atoms with Gasteiger partial charge in [0.2, 0.25) is 5.88 Å². The number of likely N-dealkylation sites (tertiary alicyclic amines) is 1. The highest BCUT2D eigenvalue weighted by Gasteiger charge is 2.20. The molecule has 1 aliphatic heterocycles. The van der Waals surface area contributed by atoms with Crippen LogP contribution in [0.4, 0.5) is 10.6 Å². The lowest BCUT2D eigenvalue weighted by molar-refractivity contribution is 0.186. The Labute approximate surface area is 107 Å². The van der Waals surface area contributed by atoms with Gasteiger partial charge in [0.15, 0.2) is 0 Å². The number of amides is 2. The van der Waals surface area contributed by atoms with Crippen molar-refractivity contribution in [3.63, 3.8) is 0 Å². The number of urea groups is 1. The summed E-state index contributed by atoms with van der Waals surface area (Å²) in [5.74, 6) is 1.74. The fraction of sp³-hybridized carbons (Fsp3) is 0.538. The zero-order valence-electron chi connectivity index (χ0n) is 10.8. The van der Waals surface area contributed by atoms with Gasteiger partial charge in [-0.2, -0.15) is 4.98 Å². The van der Waals surface area contributed by atoms with Crippen molar-refractivity contribution in [2.45, 2.75) is 19.8 Å². The first-order valence-electron chi connectivity index (χ1n) is 6.26. The summed E-state index contributed by atoms with van der Waals surface area (Å²) in [6.07, 6.45) is 2.14. The Morgan fingerprint density at radius 3 is 2.83 bits per heavy atom. The molecule has 1 aromatic rings. The first kappa shape index (κ1) is 12.7. The number of pyridine rings is 1. The van der Waals surface area contributed by atoms with Crippen LogP contribution in [0.5, 0.6) is 5.88 Å². The second-order valence-corrected chi connectivity index (χ2v) is 4.66. The minimum atomic E-state index is -0.0809. The van der Waals surface area contributed by atoms with Crippen molar-refractivity contribution >= 4 is 11.8 Å². The van der Waals surface area contributed by atoms with Crippen molar-refractivity contribution in [2.75, 3.05) is 25.5 Å². The summed E-state index contributed by atoms with van der Waals surface area (Å²) in [5, 5.41) is 2.80. The molecule has 1 fully saturated rings. The molecule has 0 bridgehead atoms. The van der Waals surface area contributed by atoms with E-state index in [4.69, 9.17) is 4.74 Å². The molecule has 1 aliphatic rings. The molecule has 2 rings (SSSR count). The summed E-state index contributed by atoms with van der Waals surface area (Å²) < 4.78 is 5.02. The van der Waals surface area contributed by atoms with Gasteiger partial charge >= 0.3 is 6.03 Å². The topological polar surface area (TPSA) is 54.5 Å². The largest absolute Gasteiger partial charge is 0.481 e. The Bertz CT molecular complexity index is 414. The van der Waals surface area contributed by atoms with Crippen LogP contribution in [-0.4, -0.2) is 36.1 Å². The van der Waals surface area contributed by atoms with Crippen LogP contribution in [0.3, 0.4) is 0 Å². The Morgan fingerprint density at radius 1 is 1.44 bits per heavy atom. The SMILES string of the molecule is COc1cccc(NC(=O)N2CCC(C)CC2)n1. The Hall–Kier alpha value is -1.78. The molecule has 18 heavy (non-hydrogen) atoms. The van der Waals surface area contributed by atoms with Crippen molar-refractivity contribution < 1.29 is 9.53 Å². The first-order valence-corrected chi connectivity index (χ1v) is 6.26. The molecule has 0 unspecified atom stereocenters. The maximum Gasteiger partial charge on any atom is 0.323 e. The maximum atomic E-state index is 12.0. The second kappa shape index (κ2) is 5.71. The van der Waals surface area contributed by atoms with Gasteiger partial charge in [-0.05, 0) is 24.8 Å². The molecular formula is C13H19N3O2. The van der Waals surface area contributed by atoms with Crippen molar-refractivity contribution in [1.82, 2.24) is 9.88 Å². The number of hydrogen-bond donors (Lipinski definition) is 1. The zero-order chi connectivity index (χ0) is 13.0. The lowest BCUT2D eigenvalue weighted by Crippen LogP contribution is -2.40. The summed E-state index contributed by atoms with van der Waals surface area (Å²) >= 11 is 0. The molecule has 98 valence electrons. The number of methoxy groups -OCH3 is 1. The van der Waals surface area contributed by atoms with Crippen LogP contribution in [0.2, 0.25) is 0 Å². The van der Waals surface area contributed by atoms with Gasteiger partial charge in [0, 0.05) is 19.2 Å². The average molecular weight is 249 g/mol. The highest BCUT2D eigenvalue weighted by molar-refractivity contribution is 5.88. The number of carbonyl (C=O) groups excluding carboxylic acids is 1. The molecule has 1 N–H and O–H groups in total. The number of ether oxygens (including phenoxy) is 1. The van der Waals surface area contributed by atoms with E-state index < -0.39 is 0 Å². The first-order chi connectivity index (χ1) is 8.69. The van der Waals surface area contributed by atoms with Crippen LogP contribution in [0.1, 0.15) is 19.8 Å². The van der Waals surface area contributed by atoms with E-state index in [0.29, 0.717) is 17.6 Å². The molecule has 5 nitrogen and oxygen atoms in total. The van der Waals surface area contributed by atoms with E-state index in [1.165, 1.54) is 0 Å². The quantitative estimate of drug-likeness (QED) is 0.875. The molecule has 0 spiro atoms. The summed E-state index contributed by atoms with van der Waals surface area (Å²) in [5.41, 5.74) is 0. The summed E-state index contributed by atoms with van der Waals surface area (Å²) in [6, 6.07) is 5.23. The third kappa shape index (κ3) is 3.12. The highest BCUT2D eigenvalue weighted by atomic mass is 16.5. The van der Waals surface area contributed by atoms with Gasteiger partial charge in [-0.25, -0.2) is 4.79 Å². The van der Waals surface area contributed by atoms with Gasteiger partial charge in [0.1, 0.15) is 5.82 Å². The summed E-state index contributed by atoms with van der Waals surface area (Å²) in [4.78, 5) is 18.0. The Balaban J connectivity index is 1.94. The van der Waals surface area contributed by atoms with Crippen LogP contribution < -0.4 is 10.1 Å². The molecular weight excluding hydrogens is 230 g/mol. The summed E-state index contributed by atoms with van der Waals surface area (Å²) in [7, 11) is 1.56. The number of piperidine rings is 1. The predicted molar refractivity (Wildman–Crippen MR) is 69.8 cm³/mol. The van der Waals surface area contributed by atoms with Gasteiger partial charge in [-0.1, -0.05) is 13.0 Å². The molecule has 1 saturated heterocycles. The molecule has 0 atom stereocenters. The molecule has 0 saturated carbocycles. The third-order valence-corrected chi connectivity index (χ3v) is 3.24. The van der Waals surface area contributed by atoms with E-state index in [1.807, 2.05) is 4.90 Å². The van der Waals surface area contributed by atoms with E-state index in [-0.39, 0.29) is 6.03 Å². The van der Waals surface area contributed by atoms with Gasteiger partial charge in [-0.3, -0.25) is 5.32 Å². The zero-order valence-corrected chi connectivity index (χ0v) is 10.8. The van der Waals surface area contributed by atoms with Crippen molar-refractivity contribution in [2.24, 2.45) is 5.92 Å². The van der Waals surface area contributed by atoms with Gasteiger partial charge in [0.25, 0.3) is 0 Å². The van der Waals surface area contributed by atoms with E-state index in [9.17, 15) is 4.79 Å². The monoisotopic (exact) mass is 249 g/mol. The van der Waals surface area contributed by atoms with Gasteiger partial charge < -0.3 is 9.64 Å². The third-order valence-electron chi connectivity index (χ3n) is 3.24. The number of nitrogens with one attached hydrogen (secondary N) is 1. The van der Waals surface area contributed by atoms with Crippen LogP contribution in [0.15, 0.2) is 18.2 Å². The standard InChI is InChI=1S/C13H19N3O2/c1-10-6-8-16(9-7-10)13(17)15-11-4-3-5-12(14-11)18-2/h3-5,10H,6-9H2,1-2H3,(H,14,15,17). The lowest BCUT2D eigenvalue weighted by atomic mass is 10.00. The second-order valence-electron chi connectivity index (χ2n) is 4.66. The number of hydrogen-bond acceptors (Lipinski definition) is 3. The van der Waals surface area contributed by atoms with Crippen LogP contribution in [0, 0.1) is 5.92 Å². The van der Waals surface area contributed by atoms with E-state index >= 15 is 0 Å². The molecule has 0 aliphatic carbocycles. The van der Waals surface area contributed by atoms with E-state index in [1.54, 1.807) is 25.3 Å². The number of rotatable bonds is 2. The van der Waals surface area contributed by atoms with Gasteiger partial charge in [0.05, 0.1) is 7.11 Å². The normalized spacial score (nSPS) is 16.4. The number of aromatic nitrogens is 1. The maximum absolute atomic E-state index is 12.0. The van der Waals surface area contributed by atoms with E-state index in [2.05, 4.69) is 17.2 Å². The molecule has 5 heteroatoms. The van der Waals surface area contributed by atoms with Crippen LogP contribution in [-0.2, 0) is 0 Å². The van der Waals surface area contributed by atoms with E-state index in [0.717, 1.165) is 25.9 Å². The fourth-order valence-corrected chi connectivity index (χ4v) is 2.00. The van der Waals surface area contributed by atoms with Crippen molar-refractivity contribution in [3.8, 4) is 5.88 Å².